The highest BCUT2D eigenvalue weighted by Gasteiger charge is 2.35. The van der Waals surface area contributed by atoms with Crippen molar-refractivity contribution in [3.05, 3.63) is 118 Å². The molecule has 1 aliphatic rings. The summed E-state index contributed by atoms with van der Waals surface area (Å²) in [6.45, 7) is 9.63. The molecule has 0 spiro atoms. The minimum Gasteiger partial charge on any atom is -0.463 e. The first-order chi connectivity index (χ1) is 19.6. The predicted octanol–water partition coefficient (Wildman–Crippen LogP) is 5.40. The van der Waals surface area contributed by atoms with Gasteiger partial charge in [-0.15, -0.1) is 0 Å². The van der Waals surface area contributed by atoms with E-state index >= 15 is 0 Å². The van der Waals surface area contributed by atoms with Crippen LogP contribution in [-0.2, 0) is 9.53 Å². The quantitative estimate of drug-likeness (QED) is 0.167. The lowest BCUT2D eigenvalue weighted by atomic mass is 10.0. The normalized spacial score (nSPS) is 15.2. The van der Waals surface area contributed by atoms with Gasteiger partial charge >= 0.3 is 5.97 Å². The number of carbonyl (C=O) groups is 1. The number of furan rings is 1. The van der Waals surface area contributed by atoms with Crippen LogP contribution in [0.1, 0.15) is 62.1 Å². The summed E-state index contributed by atoms with van der Waals surface area (Å²) < 4.78 is 13.5. The zero-order valence-corrected chi connectivity index (χ0v) is 24.2. The lowest BCUT2D eigenvalue weighted by Crippen LogP contribution is -2.39. The standard InChI is InChI=1S/C31H29N3O6S/c1-6-39-30(36)27-19(5)32-31-33(29(35)26(41-31)15-20-8-10-21(11-9-20)17(2)3)28(27)25-14-13-24(40-25)23-16-22(34(37)38)12-7-18(23)4/h7-17,28H,6H2,1-5H3/b26-15-/t28-/m1/s1. The summed E-state index contributed by atoms with van der Waals surface area (Å²) in [7, 11) is 0. The number of hydrogen-bond donors (Lipinski definition) is 0. The molecule has 10 heteroatoms. The number of carbonyl (C=O) groups excluding carboxylic acids is 1. The van der Waals surface area contributed by atoms with Crippen LogP contribution in [0.15, 0.2) is 80.1 Å². The maximum absolute atomic E-state index is 13.9. The second-order valence-corrected chi connectivity index (χ2v) is 11.1. The van der Waals surface area contributed by atoms with Gasteiger partial charge in [0.25, 0.3) is 11.2 Å². The Morgan fingerprint density at radius 3 is 2.56 bits per heavy atom. The molecule has 9 nitrogen and oxygen atoms in total. The number of hydrogen-bond acceptors (Lipinski definition) is 8. The average molecular weight is 572 g/mol. The molecule has 0 bridgehead atoms. The number of fused-ring (bicyclic) bond motifs is 1. The molecule has 0 amide bonds. The minimum atomic E-state index is -0.927. The molecule has 41 heavy (non-hydrogen) atoms. The number of ether oxygens (including phenoxy) is 1. The molecule has 0 radical (unpaired) electrons. The maximum Gasteiger partial charge on any atom is 0.338 e. The van der Waals surface area contributed by atoms with E-state index in [1.807, 2.05) is 37.3 Å². The molecule has 3 heterocycles. The predicted molar refractivity (Wildman–Crippen MR) is 156 cm³/mol. The van der Waals surface area contributed by atoms with Crippen LogP contribution in [0.2, 0.25) is 0 Å². The van der Waals surface area contributed by atoms with Gasteiger partial charge in [0.2, 0.25) is 0 Å². The zero-order valence-electron chi connectivity index (χ0n) is 23.3. The topological polar surface area (TPSA) is 117 Å². The van der Waals surface area contributed by atoms with E-state index < -0.39 is 16.9 Å². The lowest BCUT2D eigenvalue weighted by molar-refractivity contribution is -0.384. The molecule has 0 N–H and O–H groups in total. The van der Waals surface area contributed by atoms with E-state index in [0.717, 1.165) is 11.1 Å². The van der Waals surface area contributed by atoms with Crippen LogP contribution in [0, 0.1) is 17.0 Å². The van der Waals surface area contributed by atoms with Crippen LogP contribution in [-0.4, -0.2) is 22.1 Å². The molecule has 0 unspecified atom stereocenters. The molecular formula is C31H29N3O6S. The fourth-order valence-electron chi connectivity index (χ4n) is 4.82. The zero-order chi connectivity index (χ0) is 29.4. The highest BCUT2D eigenvalue weighted by atomic mass is 32.1. The molecule has 2 aromatic heterocycles. The Hall–Kier alpha value is -4.57. The van der Waals surface area contributed by atoms with Gasteiger partial charge in [0.15, 0.2) is 4.80 Å². The summed E-state index contributed by atoms with van der Waals surface area (Å²) in [6.07, 6.45) is 1.81. The van der Waals surface area contributed by atoms with Gasteiger partial charge in [-0.05, 0) is 61.6 Å². The number of aryl methyl sites for hydroxylation is 1. The number of allylic oxidation sites excluding steroid dienone is 1. The van der Waals surface area contributed by atoms with Crippen molar-refractivity contribution in [2.24, 2.45) is 4.99 Å². The van der Waals surface area contributed by atoms with E-state index in [9.17, 15) is 19.7 Å². The Morgan fingerprint density at radius 1 is 1.17 bits per heavy atom. The number of nitro benzene ring substituents is 1. The monoisotopic (exact) mass is 571 g/mol. The molecule has 1 atom stereocenters. The summed E-state index contributed by atoms with van der Waals surface area (Å²) in [5.74, 6) is 0.494. The third kappa shape index (κ3) is 5.30. The van der Waals surface area contributed by atoms with Crippen molar-refractivity contribution in [2.75, 3.05) is 6.61 Å². The van der Waals surface area contributed by atoms with E-state index in [4.69, 9.17) is 9.15 Å². The van der Waals surface area contributed by atoms with Gasteiger partial charge < -0.3 is 9.15 Å². The van der Waals surface area contributed by atoms with Crippen LogP contribution in [0.5, 0.6) is 0 Å². The largest absolute Gasteiger partial charge is 0.463 e. The third-order valence-electron chi connectivity index (χ3n) is 7.01. The molecular weight excluding hydrogens is 542 g/mol. The fourth-order valence-corrected chi connectivity index (χ4v) is 5.87. The van der Waals surface area contributed by atoms with Crippen molar-refractivity contribution in [3.8, 4) is 11.3 Å². The first-order valence-electron chi connectivity index (χ1n) is 13.2. The van der Waals surface area contributed by atoms with Gasteiger partial charge in [0.1, 0.15) is 17.6 Å². The summed E-state index contributed by atoms with van der Waals surface area (Å²) in [5.41, 5.74) is 3.63. The smallest absolute Gasteiger partial charge is 0.338 e. The Morgan fingerprint density at radius 2 is 1.90 bits per heavy atom. The fraction of sp³-hybridized carbons (Fsp3) is 0.258. The highest BCUT2D eigenvalue weighted by Crippen LogP contribution is 2.36. The number of thiazole rings is 1. The number of rotatable bonds is 7. The van der Waals surface area contributed by atoms with Crippen molar-refractivity contribution >= 4 is 29.1 Å². The van der Waals surface area contributed by atoms with E-state index in [0.29, 0.717) is 38.0 Å². The molecule has 0 saturated heterocycles. The first kappa shape index (κ1) is 28.0. The maximum atomic E-state index is 13.9. The molecule has 0 aliphatic carbocycles. The molecule has 4 aromatic rings. The average Bonchev–Trinajstić information content (AvgIpc) is 3.53. The number of non-ortho nitro benzene ring substituents is 1. The number of esters is 1. The van der Waals surface area contributed by atoms with Gasteiger partial charge in [-0.1, -0.05) is 55.5 Å². The molecule has 0 saturated carbocycles. The summed E-state index contributed by atoms with van der Waals surface area (Å²) >= 11 is 1.23. The highest BCUT2D eigenvalue weighted by molar-refractivity contribution is 7.07. The van der Waals surface area contributed by atoms with Crippen molar-refractivity contribution < 1.29 is 18.9 Å². The van der Waals surface area contributed by atoms with Gasteiger partial charge in [0.05, 0.1) is 27.3 Å². The first-order valence-corrected chi connectivity index (χ1v) is 14.1. The number of aromatic nitrogens is 1. The van der Waals surface area contributed by atoms with E-state index in [2.05, 4.69) is 18.8 Å². The van der Waals surface area contributed by atoms with Crippen molar-refractivity contribution in [1.82, 2.24) is 4.57 Å². The number of nitro groups is 1. The Labute approximate surface area is 239 Å². The van der Waals surface area contributed by atoms with E-state index in [1.54, 1.807) is 32.0 Å². The summed E-state index contributed by atoms with van der Waals surface area (Å²) in [6, 6.07) is 15.0. The van der Waals surface area contributed by atoms with Crippen LogP contribution < -0.4 is 14.9 Å². The van der Waals surface area contributed by atoms with Gasteiger partial charge in [-0.25, -0.2) is 9.79 Å². The van der Waals surface area contributed by atoms with E-state index in [1.165, 1.54) is 33.6 Å². The Bertz CT molecular complexity index is 1880. The molecule has 210 valence electrons. The third-order valence-corrected chi connectivity index (χ3v) is 7.99. The lowest BCUT2D eigenvalue weighted by Gasteiger charge is -2.22. The number of nitrogens with zero attached hydrogens (tertiary/aromatic N) is 3. The van der Waals surface area contributed by atoms with Crippen LogP contribution in [0.3, 0.4) is 0 Å². The summed E-state index contributed by atoms with van der Waals surface area (Å²) in [4.78, 5) is 43.0. The van der Waals surface area contributed by atoms with Crippen molar-refractivity contribution in [1.29, 1.82) is 0 Å². The van der Waals surface area contributed by atoms with Gasteiger partial charge in [0, 0.05) is 17.7 Å². The Kier molecular flexibility index (Phi) is 7.59. The number of benzene rings is 2. The SMILES string of the molecule is CCOC(=O)C1=C(C)N=c2s/c(=C\c3ccc(C(C)C)cc3)c(=O)n2[C@@H]1c1ccc(-c2cc([N+](=O)[O-])ccc2C)o1. The second-order valence-electron chi connectivity index (χ2n) is 10.1. The van der Waals surface area contributed by atoms with Crippen LogP contribution in [0.4, 0.5) is 5.69 Å². The molecule has 2 aromatic carbocycles. The molecule has 1 aliphatic heterocycles. The molecule has 5 rings (SSSR count). The summed E-state index contributed by atoms with van der Waals surface area (Å²) in [5, 5.41) is 11.4. The van der Waals surface area contributed by atoms with Gasteiger partial charge in [-0.3, -0.25) is 19.5 Å². The van der Waals surface area contributed by atoms with Crippen molar-refractivity contribution in [2.45, 2.75) is 46.6 Å². The van der Waals surface area contributed by atoms with Crippen LogP contribution in [0.25, 0.3) is 17.4 Å². The second kappa shape index (κ2) is 11.1. The van der Waals surface area contributed by atoms with Crippen molar-refractivity contribution in [3.63, 3.8) is 0 Å². The minimum absolute atomic E-state index is 0.0686. The Balaban J connectivity index is 1.66. The van der Waals surface area contributed by atoms with Crippen LogP contribution >= 0.6 is 11.3 Å². The molecule has 0 fully saturated rings. The van der Waals surface area contributed by atoms with Gasteiger partial charge in [-0.2, -0.15) is 0 Å². The van der Waals surface area contributed by atoms with E-state index in [-0.39, 0.29) is 23.4 Å².